The molecule has 29 heavy (non-hydrogen) atoms. The summed E-state index contributed by atoms with van der Waals surface area (Å²) >= 11 is 0. The summed E-state index contributed by atoms with van der Waals surface area (Å²) in [6, 6.07) is 10.8. The van der Waals surface area contributed by atoms with Gasteiger partial charge < -0.3 is 9.67 Å². The van der Waals surface area contributed by atoms with Crippen LogP contribution in [0.1, 0.15) is 15.9 Å². The molecule has 1 amide bonds. The fraction of sp³-hybridized carbons (Fsp3) is 0.105. The maximum atomic E-state index is 12.6. The van der Waals surface area contributed by atoms with Crippen LogP contribution in [0.2, 0.25) is 0 Å². The molecule has 0 bridgehead atoms. The lowest BCUT2D eigenvalue weighted by atomic mass is 10.1. The van der Waals surface area contributed by atoms with Crippen molar-refractivity contribution in [3.63, 3.8) is 0 Å². The van der Waals surface area contributed by atoms with Gasteiger partial charge in [-0.05, 0) is 17.7 Å². The van der Waals surface area contributed by atoms with Crippen molar-refractivity contribution in [2.24, 2.45) is 0 Å². The number of benzene rings is 1. The van der Waals surface area contributed by atoms with Gasteiger partial charge in [-0.3, -0.25) is 4.79 Å². The molecule has 0 atom stereocenters. The highest BCUT2D eigenvalue weighted by Crippen LogP contribution is 2.14. The normalized spacial score (nSPS) is 14.6. The highest BCUT2D eigenvalue weighted by Gasteiger charge is 2.33. The van der Waals surface area contributed by atoms with E-state index in [1.807, 2.05) is 0 Å². The summed E-state index contributed by atoms with van der Waals surface area (Å²) in [5.74, 6) is 3.44. The molecule has 0 aliphatic carbocycles. The topological polar surface area (TPSA) is 113 Å². The molecule has 2 heterocycles. The summed E-state index contributed by atoms with van der Waals surface area (Å²) in [5, 5.41) is 8.88. The minimum atomic E-state index is -4.25. The third kappa shape index (κ3) is 4.64. The van der Waals surface area contributed by atoms with Crippen molar-refractivity contribution < 1.29 is 23.1 Å². The van der Waals surface area contributed by atoms with E-state index in [2.05, 4.69) is 28.9 Å². The van der Waals surface area contributed by atoms with E-state index in [9.17, 15) is 18.0 Å². The van der Waals surface area contributed by atoms with Crippen molar-refractivity contribution in [1.82, 2.24) is 18.2 Å². The van der Waals surface area contributed by atoms with E-state index in [1.165, 1.54) is 12.1 Å². The van der Waals surface area contributed by atoms with Gasteiger partial charge in [0.15, 0.2) is 0 Å². The van der Waals surface area contributed by atoms with E-state index in [4.69, 9.17) is 5.11 Å². The first-order chi connectivity index (χ1) is 13.9. The number of carbonyl (C=O) groups is 2. The average Bonchev–Trinajstić information content (AvgIpc) is 3.20. The Kier molecular flexibility index (Phi) is 5.67. The monoisotopic (exact) mass is 410 g/mol. The lowest BCUT2D eigenvalue weighted by Crippen LogP contribution is -2.42. The van der Waals surface area contributed by atoms with Gasteiger partial charge in [0.25, 0.3) is 5.91 Å². The Labute approximate surface area is 167 Å². The third-order valence-corrected chi connectivity index (χ3v) is 5.16. The minimum absolute atomic E-state index is 0.130. The first-order valence-corrected chi connectivity index (χ1v) is 9.59. The highest BCUT2D eigenvalue weighted by molar-refractivity contribution is 7.87. The molecule has 146 valence electrons. The summed E-state index contributed by atoms with van der Waals surface area (Å²) in [6.45, 7) is 0.228. The molecule has 2 aromatic rings. The molecular formula is C19H14N4O5S. The Morgan fingerprint density at radius 1 is 1.14 bits per heavy atom. The van der Waals surface area contributed by atoms with Crippen LogP contribution in [0.4, 0.5) is 0 Å². The number of amides is 1. The van der Waals surface area contributed by atoms with Gasteiger partial charge in [0.1, 0.15) is 0 Å². The summed E-state index contributed by atoms with van der Waals surface area (Å²) in [7, 11) is -4.25. The van der Waals surface area contributed by atoms with Crippen LogP contribution in [0.15, 0.2) is 55.3 Å². The summed E-state index contributed by atoms with van der Waals surface area (Å²) < 4.78 is 27.9. The standard InChI is InChI=1S/C19H14N4O5S/c24-18-8-13-22(11-2-10-21-14-9-20-15-21)29(27,28)23(18)12-1-3-16-4-6-17(7-5-16)19(25)26/h4-9,13-15H,3,10H2,(H,25,26). The van der Waals surface area contributed by atoms with Gasteiger partial charge in [-0.1, -0.05) is 24.0 Å². The summed E-state index contributed by atoms with van der Waals surface area (Å²) in [5.41, 5.74) is 0.808. The van der Waals surface area contributed by atoms with Gasteiger partial charge in [0, 0.05) is 43.2 Å². The number of hydrogen-bond acceptors (Lipinski definition) is 5. The number of aromatic nitrogens is 2. The van der Waals surface area contributed by atoms with Crippen LogP contribution < -0.4 is 0 Å². The average molecular weight is 410 g/mol. The van der Waals surface area contributed by atoms with Crippen molar-refractivity contribution in [3.8, 4) is 23.9 Å². The number of carboxylic acids is 1. The molecule has 1 aromatic heterocycles. The van der Waals surface area contributed by atoms with Crippen molar-refractivity contribution in [2.45, 2.75) is 13.0 Å². The van der Waals surface area contributed by atoms with Gasteiger partial charge >= 0.3 is 16.2 Å². The molecule has 0 fully saturated rings. The van der Waals surface area contributed by atoms with Crippen LogP contribution in [0, 0.1) is 23.9 Å². The van der Waals surface area contributed by atoms with Gasteiger partial charge in [0.2, 0.25) is 0 Å². The SMILES string of the molecule is O=C(O)c1ccc(CC#CN2C(=O)C=CN(C#CCn3ccnc3)S2(=O)=O)cc1. The molecule has 0 radical (unpaired) electrons. The highest BCUT2D eigenvalue weighted by atomic mass is 32.2. The lowest BCUT2D eigenvalue weighted by molar-refractivity contribution is -0.119. The van der Waals surface area contributed by atoms with E-state index < -0.39 is 22.1 Å². The van der Waals surface area contributed by atoms with Crippen molar-refractivity contribution in [2.75, 3.05) is 0 Å². The Hall–Kier alpha value is -4.02. The van der Waals surface area contributed by atoms with Gasteiger partial charge in [-0.25, -0.2) is 9.78 Å². The third-order valence-electron chi connectivity index (χ3n) is 3.72. The molecule has 1 aliphatic heterocycles. The van der Waals surface area contributed by atoms with Crippen LogP contribution in [0.25, 0.3) is 0 Å². The fourth-order valence-corrected chi connectivity index (χ4v) is 3.29. The maximum absolute atomic E-state index is 12.6. The van der Waals surface area contributed by atoms with Crippen molar-refractivity contribution >= 4 is 22.1 Å². The number of imidazole rings is 1. The molecule has 1 aromatic carbocycles. The Bertz CT molecular complexity index is 1180. The van der Waals surface area contributed by atoms with Crippen molar-refractivity contribution in [1.29, 1.82) is 0 Å². The molecule has 9 nitrogen and oxygen atoms in total. The number of hydrogen-bond donors (Lipinski definition) is 1. The molecule has 3 rings (SSSR count). The Morgan fingerprint density at radius 3 is 2.55 bits per heavy atom. The maximum Gasteiger partial charge on any atom is 0.351 e. The summed E-state index contributed by atoms with van der Waals surface area (Å²) in [4.78, 5) is 26.7. The number of rotatable bonds is 3. The predicted octanol–water partition coefficient (Wildman–Crippen LogP) is 0.649. The minimum Gasteiger partial charge on any atom is -0.478 e. The van der Waals surface area contributed by atoms with E-state index in [-0.39, 0.29) is 18.5 Å². The fourth-order valence-electron chi connectivity index (χ4n) is 2.25. The van der Waals surface area contributed by atoms with Gasteiger partial charge in [-0.2, -0.15) is 12.7 Å². The number of aromatic carboxylic acids is 1. The van der Waals surface area contributed by atoms with Crippen LogP contribution in [-0.4, -0.2) is 43.6 Å². The second-order valence-electron chi connectivity index (χ2n) is 5.71. The molecule has 0 spiro atoms. The Morgan fingerprint density at radius 2 is 1.90 bits per heavy atom. The van der Waals surface area contributed by atoms with E-state index in [0.717, 1.165) is 16.6 Å². The smallest absolute Gasteiger partial charge is 0.351 e. The first kappa shape index (κ1) is 19.7. The number of carbonyl (C=O) groups excluding carboxylic acids is 1. The van der Waals surface area contributed by atoms with Crippen molar-refractivity contribution in [3.05, 3.63) is 66.4 Å². The van der Waals surface area contributed by atoms with Crippen LogP contribution in [0.5, 0.6) is 0 Å². The molecule has 1 N–H and O–H groups in total. The Balaban J connectivity index is 1.73. The van der Waals surface area contributed by atoms with Gasteiger partial charge in [-0.15, -0.1) is 4.31 Å². The zero-order valence-corrected chi connectivity index (χ0v) is 15.7. The predicted molar refractivity (Wildman–Crippen MR) is 102 cm³/mol. The first-order valence-electron chi connectivity index (χ1n) is 8.20. The van der Waals surface area contributed by atoms with Crippen LogP contribution in [0.3, 0.4) is 0 Å². The molecule has 0 unspecified atom stereocenters. The van der Waals surface area contributed by atoms with Gasteiger partial charge in [0.05, 0.1) is 18.4 Å². The van der Waals surface area contributed by atoms with E-state index in [0.29, 0.717) is 9.87 Å². The van der Waals surface area contributed by atoms with E-state index in [1.54, 1.807) is 35.4 Å². The van der Waals surface area contributed by atoms with Crippen LogP contribution >= 0.6 is 0 Å². The number of nitrogens with zero attached hydrogens (tertiary/aromatic N) is 4. The zero-order chi connectivity index (χ0) is 20.9. The van der Waals surface area contributed by atoms with E-state index >= 15 is 0 Å². The largest absolute Gasteiger partial charge is 0.478 e. The summed E-state index contributed by atoms with van der Waals surface area (Å²) in [6.07, 6.45) is 7.06. The molecule has 0 saturated carbocycles. The quantitative estimate of drug-likeness (QED) is 0.744. The van der Waals surface area contributed by atoms with Crippen LogP contribution in [-0.2, 0) is 28.0 Å². The second-order valence-corrected chi connectivity index (χ2v) is 7.37. The molecular weight excluding hydrogens is 396 g/mol. The molecule has 0 saturated heterocycles. The molecule has 1 aliphatic rings. The second kappa shape index (κ2) is 8.33. The molecule has 10 heteroatoms. The lowest BCUT2D eigenvalue weighted by Gasteiger charge is -2.23. The zero-order valence-electron chi connectivity index (χ0n) is 14.9. The number of carboxylic acid groups (broad SMARTS) is 1.